The van der Waals surface area contributed by atoms with E-state index in [-0.39, 0.29) is 21.7 Å². The lowest BCUT2D eigenvalue weighted by Gasteiger charge is -2.67. The van der Waals surface area contributed by atoms with Crippen molar-refractivity contribution in [3.8, 4) is 0 Å². The number of fused-ring (bicyclic) bond motifs is 3. The zero-order valence-electron chi connectivity index (χ0n) is 27.0. The maximum absolute atomic E-state index is 4.96. The zero-order chi connectivity index (χ0) is 28.9. The Morgan fingerprint density at radius 3 is 2.13 bits per heavy atom. The third kappa shape index (κ3) is 3.34. The molecule has 0 heterocycles. The van der Waals surface area contributed by atoms with Gasteiger partial charge in [-0.05, 0) is 113 Å². The van der Waals surface area contributed by atoms with Gasteiger partial charge in [-0.15, -0.1) is 0 Å². The lowest BCUT2D eigenvalue weighted by atomic mass is 9.36. The number of benzene rings is 1. The van der Waals surface area contributed by atoms with Crippen LogP contribution in [0.15, 0.2) is 59.2 Å². The van der Waals surface area contributed by atoms with E-state index in [0.29, 0.717) is 11.8 Å². The Labute approximate surface area is 235 Å². The van der Waals surface area contributed by atoms with Crippen LogP contribution in [0.4, 0.5) is 0 Å². The minimum atomic E-state index is -0.142. The molecule has 0 nitrogen and oxygen atoms in total. The van der Waals surface area contributed by atoms with E-state index in [1.165, 1.54) is 50.1 Å². The third-order valence-corrected chi connectivity index (χ3v) is 12.0. The van der Waals surface area contributed by atoms with Gasteiger partial charge in [0, 0.05) is 10.8 Å². The second-order valence-corrected chi connectivity index (χ2v) is 14.8. The summed E-state index contributed by atoms with van der Waals surface area (Å²) in [4.78, 5) is 0. The van der Waals surface area contributed by atoms with Crippen molar-refractivity contribution in [1.82, 2.24) is 0 Å². The fourth-order valence-electron chi connectivity index (χ4n) is 9.63. The van der Waals surface area contributed by atoms with Gasteiger partial charge in [0.15, 0.2) is 0 Å². The van der Waals surface area contributed by atoms with E-state index < -0.39 is 0 Å². The van der Waals surface area contributed by atoms with Gasteiger partial charge in [0.2, 0.25) is 0 Å². The highest BCUT2D eigenvalue weighted by molar-refractivity contribution is 5.88. The molecular weight excluding hydrogens is 456 g/mol. The van der Waals surface area contributed by atoms with Crippen LogP contribution >= 0.6 is 0 Å². The standard InChI is InChI=1S/C38H54/c1-17-18-29-19-30(35(11,12)13)23(5)32-24(6)34-27(9)38(16)26(8)31(21(2)3)22(4)20-36(38,14)28(10)37(34,15)25(7)33(29)32/h19,25,28H,2,6,8,17-18,20H2,1,3-5,7,9-16H3/t25-,28+,36+,37-,38-/m1/s1. The van der Waals surface area contributed by atoms with Crippen molar-refractivity contribution >= 4 is 5.57 Å². The van der Waals surface area contributed by atoms with E-state index >= 15 is 0 Å². The molecule has 0 bridgehead atoms. The quantitative estimate of drug-likeness (QED) is 0.379. The van der Waals surface area contributed by atoms with Crippen LogP contribution in [0.2, 0.25) is 0 Å². The van der Waals surface area contributed by atoms with Gasteiger partial charge in [-0.2, -0.15) is 0 Å². The highest BCUT2D eigenvalue weighted by atomic mass is 14.7. The molecule has 0 N–H and O–H groups in total. The highest BCUT2D eigenvalue weighted by Gasteiger charge is 2.65. The van der Waals surface area contributed by atoms with Gasteiger partial charge < -0.3 is 0 Å². The maximum Gasteiger partial charge on any atom is 0.0196 e. The van der Waals surface area contributed by atoms with Crippen LogP contribution in [0, 0.1) is 29.1 Å². The molecule has 0 saturated carbocycles. The summed E-state index contributed by atoms with van der Waals surface area (Å²) in [6.45, 7) is 45.5. The number of hydrogen-bond donors (Lipinski definition) is 0. The van der Waals surface area contributed by atoms with Gasteiger partial charge >= 0.3 is 0 Å². The first kappa shape index (κ1) is 28.9. The van der Waals surface area contributed by atoms with E-state index in [0.717, 1.165) is 24.8 Å². The lowest BCUT2D eigenvalue weighted by molar-refractivity contribution is -0.0262. The zero-order valence-corrected chi connectivity index (χ0v) is 27.0. The first-order valence-electron chi connectivity index (χ1n) is 15.0. The Kier molecular flexibility index (Phi) is 6.63. The van der Waals surface area contributed by atoms with Crippen molar-refractivity contribution in [3.63, 3.8) is 0 Å². The molecular formula is C38H54. The number of aryl methyl sites for hydroxylation is 1. The molecule has 0 spiro atoms. The van der Waals surface area contributed by atoms with Crippen LogP contribution < -0.4 is 0 Å². The second kappa shape index (κ2) is 8.71. The third-order valence-electron chi connectivity index (χ3n) is 12.0. The summed E-state index contributed by atoms with van der Waals surface area (Å²) in [7, 11) is 0. The van der Waals surface area contributed by atoms with Crippen LogP contribution in [0.25, 0.3) is 5.57 Å². The van der Waals surface area contributed by atoms with Crippen molar-refractivity contribution in [2.75, 3.05) is 0 Å². The molecule has 5 atom stereocenters. The normalized spacial score (nSPS) is 33.3. The molecule has 0 fully saturated rings. The van der Waals surface area contributed by atoms with Gasteiger partial charge in [-0.25, -0.2) is 0 Å². The first-order valence-corrected chi connectivity index (χ1v) is 15.0. The summed E-state index contributed by atoms with van der Waals surface area (Å²) in [5, 5.41) is 0. The molecule has 206 valence electrons. The van der Waals surface area contributed by atoms with E-state index in [1.54, 1.807) is 11.1 Å². The molecule has 0 heteroatoms. The Hall–Kier alpha value is -2.08. The summed E-state index contributed by atoms with van der Waals surface area (Å²) < 4.78 is 0. The molecule has 0 aromatic heterocycles. The van der Waals surface area contributed by atoms with Crippen molar-refractivity contribution < 1.29 is 0 Å². The molecule has 3 aliphatic carbocycles. The molecule has 0 amide bonds. The second-order valence-electron chi connectivity index (χ2n) is 14.8. The minimum Gasteiger partial charge on any atom is -0.0955 e. The molecule has 1 aromatic rings. The fraction of sp³-hybridized carbons (Fsp3) is 0.579. The average molecular weight is 511 g/mol. The molecule has 0 saturated heterocycles. The van der Waals surface area contributed by atoms with Crippen molar-refractivity contribution in [1.29, 1.82) is 0 Å². The fourth-order valence-corrected chi connectivity index (χ4v) is 9.63. The topological polar surface area (TPSA) is 0 Å². The maximum atomic E-state index is 4.96. The van der Waals surface area contributed by atoms with E-state index in [1.807, 2.05) is 0 Å². The van der Waals surface area contributed by atoms with E-state index in [2.05, 4.69) is 103 Å². The predicted octanol–water partition coefficient (Wildman–Crippen LogP) is 11.2. The van der Waals surface area contributed by atoms with Gasteiger partial charge in [0.25, 0.3) is 0 Å². The van der Waals surface area contributed by atoms with Crippen molar-refractivity contribution in [2.45, 2.75) is 121 Å². The Balaban J connectivity index is 2.15. The monoisotopic (exact) mass is 510 g/mol. The SMILES string of the molecule is C=C(C)C1=C(C)C[C@@]2(C)[C@H](C)[C@]3(C)C(=C(C)[C@@]2(C)C1=C)C(=C)c1c(C)c(C(C)(C)C)cc(CCC)c1[C@H]3C. The van der Waals surface area contributed by atoms with Crippen molar-refractivity contribution in [3.05, 3.63) is 87.1 Å². The lowest BCUT2D eigenvalue weighted by Crippen LogP contribution is -2.58. The first-order chi connectivity index (χ1) is 17.3. The number of rotatable bonds is 3. The average Bonchev–Trinajstić information content (AvgIpc) is 2.79. The van der Waals surface area contributed by atoms with Crippen LogP contribution in [-0.2, 0) is 11.8 Å². The molecule has 0 radical (unpaired) electrons. The van der Waals surface area contributed by atoms with Gasteiger partial charge in [0.05, 0.1) is 0 Å². The van der Waals surface area contributed by atoms with E-state index in [4.69, 9.17) is 13.2 Å². The molecule has 38 heavy (non-hydrogen) atoms. The highest BCUT2D eigenvalue weighted by Crippen LogP contribution is 2.74. The van der Waals surface area contributed by atoms with Crippen LogP contribution in [0.1, 0.15) is 130 Å². The number of allylic oxidation sites excluding steroid dienone is 7. The van der Waals surface area contributed by atoms with Crippen LogP contribution in [0.3, 0.4) is 0 Å². The smallest absolute Gasteiger partial charge is 0.0196 e. The van der Waals surface area contributed by atoms with Gasteiger partial charge in [0.1, 0.15) is 0 Å². The van der Waals surface area contributed by atoms with Crippen molar-refractivity contribution in [2.24, 2.45) is 22.2 Å². The Morgan fingerprint density at radius 2 is 1.63 bits per heavy atom. The van der Waals surface area contributed by atoms with Gasteiger partial charge in [-0.1, -0.05) is 111 Å². The number of hydrogen-bond acceptors (Lipinski definition) is 0. The summed E-state index contributed by atoms with van der Waals surface area (Å²) in [6, 6.07) is 2.56. The van der Waals surface area contributed by atoms with E-state index in [9.17, 15) is 0 Å². The largest absolute Gasteiger partial charge is 0.0955 e. The molecule has 1 aromatic carbocycles. The summed E-state index contributed by atoms with van der Waals surface area (Å²) in [5.41, 5.74) is 16.9. The minimum absolute atomic E-state index is 0.00188. The van der Waals surface area contributed by atoms with Crippen LogP contribution in [-0.4, -0.2) is 0 Å². The molecule has 0 unspecified atom stereocenters. The molecule has 4 rings (SSSR count). The molecule has 0 aliphatic heterocycles. The van der Waals surface area contributed by atoms with Crippen LogP contribution in [0.5, 0.6) is 0 Å². The predicted molar refractivity (Wildman–Crippen MR) is 169 cm³/mol. The Bertz CT molecular complexity index is 1330. The molecule has 3 aliphatic rings. The van der Waals surface area contributed by atoms with Gasteiger partial charge in [-0.3, -0.25) is 0 Å². The summed E-state index contributed by atoms with van der Waals surface area (Å²) in [6.07, 6.45) is 3.37. The Morgan fingerprint density at radius 1 is 1.05 bits per heavy atom. The summed E-state index contributed by atoms with van der Waals surface area (Å²) in [5.74, 6) is 0.868. The summed E-state index contributed by atoms with van der Waals surface area (Å²) >= 11 is 0.